The maximum Gasteiger partial charge on any atom is 0.306 e. The van der Waals surface area contributed by atoms with Gasteiger partial charge in [0, 0.05) is 11.4 Å². The average Bonchev–Trinajstić information content (AvgIpc) is 3.04. The van der Waals surface area contributed by atoms with Crippen molar-refractivity contribution >= 4 is 52.2 Å². The van der Waals surface area contributed by atoms with Crippen LogP contribution in [0, 0.1) is 0 Å². The zero-order chi connectivity index (χ0) is 19.1. The number of carbonyl (C=O) groups is 3. The van der Waals surface area contributed by atoms with Crippen LogP contribution < -0.4 is 5.32 Å². The molecule has 8 heteroatoms. The molecule has 1 aromatic carbocycles. The third-order valence-electron chi connectivity index (χ3n) is 3.49. The van der Waals surface area contributed by atoms with Crippen LogP contribution in [-0.2, 0) is 14.3 Å². The maximum absolute atomic E-state index is 11.9. The van der Waals surface area contributed by atoms with Crippen LogP contribution >= 0.6 is 34.5 Å². The van der Waals surface area contributed by atoms with Crippen molar-refractivity contribution in [1.82, 2.24) is 5.32 Å². The number of halogens is 2. The zero-order valence-corrected chi connectivity index (χ0v) is 16.3. The van der Waals surface area contributed by atoms with Gasteiger partial charge in [0.2, 0.25) is 0 Å². The Balaban J connectivity index is 1.71. The van der Waals surface area contributed by atoms with E-state index in [1.54, 1.807) is 37.3 Å². The number of carbonyl (C=O) groups excluding carboxylic acids is 3. The molecule has 0 aliphatic carbocycles. The van der Waals surface area contributed by atoms with Crippen molar-refractivity contribution in [1.29, 1.82) is 0 Å². The Labute approximate surface area is 165 Å². The third kappa shape index (κ3) is 6.44. The van der Waals surface area contributed by atoms with E-state index in [2.05, 4.69) is 5.32 Å². The Morgan fingerprint density at radius 2 is 1.92 bits per heavy atom. The zero-order valence-electron chi connectivity index (χ0n) is 14.0. The second kappa shape index (κ2) is 9.71. The van der Waals surface area contributed by atoms with Crippen molar-refractivity contribution in [2.24, 2.45) is 0 Å². The van der Waals surface area contributed by atoms with Gasteiger partial charge < -0.3 is 10.1 Å². The number of hydrogen-bond acceptors (Lipinski definition) is 5. The summed E-state index contributed by atoms with van der Waals surface area (Å²) in [7, 11) is 0. The van der Waals surface area contributed by atoms with Gasteiger partial charge in [0.25, 0.3) is 5.91 Å². The number of hydrogen-bond donors (Lipinski definition) is 1. The predicted octanol–water partition coefficient (Wildman–Crippen LogP) is 4.44. The highest BCUT2D eigenvalue weighted by molar-refractivity contribution is 7.18. The molecule has 138 valence electrons. The third-order valence-corrected chi connectivity index (χ3v) is 5.00. The van der Waals surface area contributed by atoms with Gasteiger partial charge in [0.1, 0.15) is 0 Å². The van der Waals surface area contributed by atoms with Gasteiger partial charge >= 0.3 is 5.97 Å². The van der Waals surface area contributed by atoms with Gasteiger partial charge in [-0.15, -0.1) is 11.3 Å². The first kappa shape index (κ1) is 20.4. The molecular formula is C18H17Cl2NO4S. The molecular weight excluding hydrogens is 397 g/mol. The van der Waals surface area contributed by atoms with E-state index in [4.69, 9.17) is 27.9 Å². The van der Waals surface area contributed by atoms with Crippen LogP contribution in [0.15, 0.2) is 36.4 Å². The molecule has 1 amide bonds. The summed E-state index contributed by atoms with van der Waals surface area (Å²) in [6, 6.07) is 10.1. The average molecular weight is 414 g/mol. The molecule has 0 aliphatic heterocycles. The summed E-state index contributed by atoms with van der Waals surface area (Å²) in [5.74, 6) is -1.22. The van der Waals surface area contributed by atoms with E-state index in [0.717, 1.165) is 16.9 Å². The molecule has 1 atom stereocenters. The van der Waals surface area contributed by atoms with Crippen molar-refractivity contribution in [3.63, 3.8) is 0 Å². The molecule has 2 rings (SSSR count). The highest BCUT2D eigenvalue weighted by Crippen LogP contribution is 2.23. The SMILES string of the molecule is C[C@H](NC(=O)COC(=O)CCC(=O)c1ccc(Cl)s1)c1cccc(Cl)c1. The number of nitrogens with one attached hydrogen (secondary N) is 1. The van der Waals surface area contributed by atoms with Crippen molar-refractivity contribution < 1.29 is 19.1 Å². The largest absolute Gasteiger partial charge is 0.456 e. The minimum atomic E-state index is -0.605. The quantitative estimate of drug-likeness (QED) is 0.512. The van der Waals surface area contributed by atoms with E-state index in [1.807, 2.05) is 6.07 Å². The van der Waals surface area contributed by atoms with E-state index in [-0.39, 0.29) is 24.7 Å². The minimum absolute atomic E-state index is 0.0101. The lowest BCUT2D eigenvalue weighted by molar-refractivity contribution is -0.148. The summed E-state index contributed by atoms with van der Waals surface area (Å²) in [6.45, 7) is 1.40. The van der Waals surface area contributed by atoms with E-state index in [0.29, 0.717) is 14.2 Å². The van der Waals surface area contributed by atoms with Gasteiger partial charge in [0.05, 0.1) is 21.7 Å². The fourth-order valence-electron chi connectivity index (χ4n) is 2.16. The van der Waals surface area contributed by atoms with Crippen LogP contribution in [0.3, 0.4) is 0 Å². The van der Waals surface area contributed by atoms with E-state index >= 15 is 0 Å². The Bertz CT molecular complexity index is 806. The van der Waals surface area contributed by atoms with E-state index < -0.39 is 18.5 Å². The highest BCUT2D eigenvalue weighted by Gasteiger charge is 2.15. The topological polar surface area (TPSA) is 72.5 Å². The monoisotopic (exact) mass is 413 g/mol. The Kier molecular flexibility index (Phi) is 7.63. The molecule has 0 fully saturated rings. The number of benzene rings is 1. The number of ether oxygens (including phenoxy) is 1. The van der Waals surface area contributed by atoms with Crippen molar-refractivity contribution in [3.05, 3.63) is 56.2 Å². The fraction of sp³-hybridized carbons (Fsp3) is 0.278. The standard InChI is InChI=1S/C18H17Cl2NO4S/c1-11(12-3-2-4-13(19)9-12)21-17(23)10-25-18(24)8-5-14(22)15-6-7-16(20)26-15/h2-4,6-7,9,11H,5,8,10H2,1H3,(H,21,23)/t11-/m0/s1. The number of esters is 1. The Morgan fingerprint density at radius 3 is 2.58 bits per heavy atom. The van der Waals surface area contributed by atoms with Crippen LogP contribution in [0.25, 0.3) is 0 Å². The summed E-state index contributed by atoms with van der Waals surface area (Å²) in [6.07, 6.45) is -0.0817. The second-order valence-corrected chi connectivity index (χ2v) is 7.68. The number of thiophene rings is 1. The maximum atomic E-state index is 11.9. The van der Waals surface area contributed by atoms with Gasteiger partial charge in [-0.2, -0.15) is 0 Å². The van der Waals surface area contributed by atoms with Crippen molar-refractivity contribution in [2.45, 2.75) is 25.8 Å². The Morgan fingerprint density at radius 1 is 1.15 bits per heavy atom. The van der Waals surface area contributed by atoms with Crippen LogP contribution in [0.1, 0.15) is 41.0 Å². The van der Waals surface area contributed by atoms with Crippen LogP contribution in [0.5, 0.6) is 0 Å². The first-order chi connectivity index (χ1) is 12.3. The smallest absolute Gasteiger partial charge is 0.306 e. The summed E-state index contributed by atoms with van der Waals surface area (Å²) in [5.41, 5.74) is 0.845. The summed E-state index contributed by atoms with van der Waals surface area (Å²) >= 11 is 12.8. The molecule has 0 saturated carbocycles. The summed E-state index contributed by atoms with van der Waals surface area (Å²) in [4.78, 5) is 36.0. The molecule has 0 aliphatic rings. The lowest BCUT2D eigenvalue weighted by Crippen LogP contribution is -2.31. The normalized spacial score (nSPS) is 11.7. The lowest BCUT2D eigenvalue weighted by atomic mass is 10.1. The van der Waals surface area contributed by atoms with Crippen LogP contribution in [0.2, 0.25) is 9.36 Å². The molecule has 0 unspecified atom stereocenters. The highest BCUT2D eigenvalue weighted by atomic mass is 35.5. The van der Waals surface area contributed by atoms with Crippen LogP contribution in [-0.4, -0.2) is 24.3 Å². The molecule has 1 aromatic heterocycles. The molecule has 0 bridgehead atoms. The minimum Gasteiger partial charge on any atom is -0.456 e. The summed E-state index contributed by atoms with van der Waals surface area (Å²) in [5, 5.41) is 3.29. The van der Waals surface area contributed by atoms with Gasteiger partial charge in [-0.3, -0.25) is 14.4 Å². The van der Waals surface area contributed by atoms with E-state index in [9.17, 15) is 14.4 Å². The first-order valence-electron chi connectivity index (χ1n) is 7.84. The fourth-order valence-corrected chi connectivity index (χ4v) is 3.37. The first-order valence-corrected chi connectivity index (χ1v) is 9.41. The molecule has 5 nitrogen and oxygen atoms in total. The molecule has 0 spiro atoms. The second-order valence-electron chi connectivity index (χ2n) is 5.53. The van der Waals surface area contributed by atoms with Gasteiger partial charge in [-0.1, -0.05) is 35.3 Å². The molecule has 2 aromatic rings. The predicted molar refractivity (Wildman–Crippen MR) is 102 cm³/mol. The summed E-state index contributed by atoms with van der Waals surface area (Å²) < 4.78 is 5.42. The number of Topliss-reactive ketones (excluding diaryl/α,β-unsaturated/α-hetero) is 1. The molecule has 1 N–H and O–H groups in total. The number of amides is 1. The molecule has 0 saturated heterocycles. The number of rotatable bonds is 8. The molecule has 26 heavy (non-hydrogen) atoms. The van der Waals surface area contributed by atoms with Gasteiger partial charge in [-0.05, 0) is 36.8 Å². The molecule has 1 heterocycles. The van der Waals surface area contributed by atoms with Crippen molar-refractivity contribution in [2.75, 3.05) is 6.61 Å². The van der Waals surface area contributed by atoms with E-state index in [1.165, 1.54) is 0 Å². The molecule has 0 radical (unpaired) electrons. The number of ketones is 1. The van der Waals surface area contributed by atoms with Crippen LogP contribution in [0.4, 0.5) is 0 Å². The Hall–Kier alpha value is -1.89. The van der Waals surface area contributed by atoms with Gasteiger partial charge in [-0.25, -0.2) is 0 Å². The van der Waals surface area contributed by atoms with Crippen molar-refractivity contribution in [3.8, 4) is 0 Å². The lowest BCUT2D eigenvalue weighted by Gasteiger charge is -2.14. The van der Waals surface area contributed by atoms with Gasteiger partial charge in [0.15, 0.2) is 12.4 Å².